The number of hydrogen-bond acceptors (Lipinski definition) is 6. The van der Waals surface area contributed by atoms with E-state index in [1.807, 2.05) is 54.3 Å². The Morgan fingerprint density at radius 2 is 1.81 bits per heavy atom. The highest BCUT2D eigenvalue weighted by molar-refractivity contribution is 5.99. The fraction of sp³-hybridized carbons (Fsp3) is 0.167. The summed E-state index contributed by atoms with van der Waals surface area (Å²) in [5, 5.41) is 2.63. The van der Waals surface area contributed by atoms with Gasteiger partial charge in [-0.25, -0.2) is 9.97 Å². The molecule has 0 fully saturated rings. The molecule has 0 aliphatic carbocycles. The third-order valence-electron chi connectivity index (χ3n) is 4.99. The molecule has 0 saturated heterocycles. The van der Waals surface area contributed by atoms with Crippen LogP contribution in [-0.2, 0) is 11.8 Å². The van der Waals surface area contributed by atoms with Crippen LogP contribution in [0.3, 0.4) is 0 Å². The Labute approximate surface area is 185 Å². The Bertz CT molecular complexity index is 1300. The molecule has 3 heterocycles. The molecule has 0 atom stereocenters. The van der Waals surface area contributed by atoms with Crippen LogP contribution in [-0.4, -0.2) is 46.7 Å². The van der Waals surface area contributed by atoms with E-state index in [4.69, 9.17) is 19.4 Å². The molecule has 0 radical (unpaired) electrons. The molecule has 0 spiro atoms. The van der Waals surface area contributed by atoms with Crippen molar-refractivity contribution >= 4 is 22.6 Å². The maximum absolute atomic E-state index is 12.3. The van der Waals surface area contributed by atoms with E-state index in [0.717, 1.165) is 16.8 Å². The number of methoxy groups -OCH3 is 2. The van der Waals surface area contributed by atoms with E-state index in [9.17, 15) is 4.79 Å². The number of amides is 1. The molecule has 1 aromatic carbocycles. The molecule has 8 nitrogen and oxygen atoms in total. The first kappa shape index (κ1) is 21.0. The SMILES string of the molecule is CNC(=O)/C=C(\c1cc(OC)cc(OC)c1)c1ccc2ncc(-c3ccn(C)c3)nc2n1. The van der Waals surface area contributed by atoms with Crippen LogP contribution in [0.1, 0.15) is 11.3 Å². The van der Waals surface area contributed by atoms with Crippen molar-refractivity contribution in [1.29, 1.82) is 0 Å². The van der Waals surface area contributed by atoms with E-state index in [0.29, 0.717) is 33.9 Å². The number of pyridine rings is 1. The zero-order valence-corrected chi connectivity index (χ0v) is 18.3. The van der Waals surface area contributed by atoms with Crippen LogP contribution in [0, 0.1) is 0 Å². The summed E-state index contributed by atoms with van der Waals surface area (Å²) in [4.78, 5) is 26.2. The minimum Gasteiger partial charge on any atom is -0.497 e. The fourth-order valence-electron chi connectivity index (χ4n) is 3.31. The molecule has 3 aromatic heterocycles. The van der Waals surface area contributed by atoms with Crippen LogP contribution in [0.5, 0.6) is 11.5 Å². The zero-order chi connectivity index (χ0) is 22.7. The molecule has 1 N–H and O–H groups in total. The molecule has 0 aliphatic heterocycles. The Kier molecular flexibility index (Phi) is 5.85. The van der Waals surface area contributed by atoms with Crippen molar-refractivity contribution in [2.45, 2.75) is 0 Å². The second-order valence-corrected chi connectivity index (χ2v) is 7.13. The largest absolute Gasteiger partial charge is 0.497 e. The molecule has 0 aliphatic rings. The number of hydrogen-bond donors (Lipinski definition) is 1. The van der Waals surface area contributed by atoms with Crippen LogP contribution in [0.4, 0.5) is 0 Å². The van der Waals surface area contributed by atoms with Gasteiger partial charge in [-0.3, -0.25) is 9.78 Å². The predicted octanol–water partition coefficient (Wildman–Crippen LogP) is 3.23. The van der Waals surface area contributed by atoms with Gasteiger partial charge in [0, 0.05) is 49.8 Å². The molecular weight excluding hydrogens is 406 g/mol. The van der Waals surface area contributed by atoms with Crippen LogP contribution >= 0.6 is 0 Å². The minimum atomic E-state index is -0.257. The lowest BCUT2D eigenvalue weighted by molar-refractivity contribution is -0.116. The first-order valence-electron chi connectivity index (χ1n) is 9.94. The summed E-state index contributed by atoms with van der Waals surface area (Å²) in [6.07, 6.45) is 7.15. The number of nitrogens with zero attached hydrogens (tertiary/aromatic N) is 4. The first-order valence-corrected chi connectivity index (χ1v) is 9.94. The number of likely N-dealkylation sites (N-methyl/N-ethyl adjacent to an activating group) is 1. The molecular formula is C24H23N5O3. The van der Waals surface area contributed by atoms with Gasteiger partial charge in [0.05, 0.1) is 31.8 Å². The Morgan fingerprint density at radius 3 is 2.44 bits per heavy atom. The number of aryl methyl sites for hydroxylation is 1. The smallest absolute Gasteiger partial charge is 0.244 e. The molecule has 4 aromatic rings. The summed E-state index contributed by atoms with van der Waals surface area (Å²) in [5.41, 5.74) is 4.74. The highest BCUT2D eigenvalue weighted by atomic mass is 16.5. The standard InChI is InChI=1S/C24H23N5O3/c1-25-23(30)12-19(16-9-17(31-3)11-18(10-16)32-4)20-5-6-21-24(27-20)28-22(13-26-21)15-7-8-29(2)14-15/h5-14H,1-4H3,(H,25,30)/b19-12+. The van der Waals surface area contributed by atoms with Crippen molar-refractivity contribution in [3.8, 4) is 22.8 Å². The van der Waals surface area contributed by atoms with Crippen molar-refractivity contribution in [2.75, 3.05) is 21.3 Å². The molecule has 0 unspecified atom stereocenters. The topological polar surface area (TPSA) is 91.2 Å². The van der Waals surface area contributed by atoms with Gasteiger partial charge >= 0.3 is 0 Å². The van der Waals surface area contributed by atoms with E-state index in [-0.39, 0.29) is 5.91 Å². The summed E-state index contributed by atoms with van der Waals surface area (Å²) >= 11 is 0. The van der Waals surface area contributed by atoms with E-state index >= 15 is 0 Å². The van der Waals surface area contributed by atoms with E-state index in [1.54, 1.807) is 33.5 Å². The number of fused-ring (bicyclic) bond motifs is 1. The van der Waals surface area contributed by atoms with Crippen molar-refractivity contribution in [2.24, 2.45) is 7.05 Å². The minimum absolute atomic E-state index is 0.257. The van der Waals surface area contributed by atoms with Gasteiger partial charge in [-0.15, -0.1) is 0 Å². The van der Waals surface area contributed by atoms with Gasteiger partial charge in [0.25, 0.3) is 0 Å². The van der Waals surface area contributed by atoms with Crippen LogP contribution in [0.25, 0.3) is 28.0 Å². The van der Waals surface area contributed by atoms with Gasteiger partial charge in [-0.1, -0.05) is 0 Å². The number of rotatable bonds is 6. The van der Waals surface area contributed by atoms with E-state index < -0.39 is 0 Å². The molecule has 162 valence electrons. The zero-order valence-electron chi connectivity index (χ0n) is 18.3. The molecule has 1 amide bonds. The summed E-state index contributed by atoms with van der Waals surface area (Å²) in [6, 6.07) is 11.1. The molecule has 32 heavy (non-hydrogen) atoms. The third-order valence-corrected chi connectivity index (χ3v) is 4.99. The van der Waals surface area contributed by atoms with Crippen molar-refractivity contribution in [3.63, 3.8) is 0 Å². The number of nitrogens with one attached hydrogen (secondary N) is 1. The number of carbonyl (C=O) groups is 1. The maximum atomic E-state index is 12.3. The van der Waals surface area contributed by atoms with Crippen LogP contribution < -0.4 is 14.8 Å². The Balaban J connectivity index is 1.86. The summed E-state index contributed by atoms with van der Waals surface area (Å²) in [6.45, 7) is 0. The lowest BCUT2D eigenvalue weighted by Crippen LogP contribution is -2.15. The number of aromatic nitrogens is 4. The highest BCUT2D eigenvalue weighted by Crippen LogP contribution is 2.31. The second-order valence-electron chi connectivity index (χ2n) is 7.13. The third kappa shape index (κ3) is 4.29. The quantitative estimate of drug-likeness (QED) is 0.473. The van der Waals surface area contributed by atoms with Crippen molar-refractivity contribution < 1.29 is 14.3 Å². The fourth-order valence-corrected chi connectivity index (χ4v) is 3.31. The first-order chi connectivity index (χ1) is 15.5. The summed E-state index contributed by atoms with van der Waals surface area (Å²) in [7, 11) is 6.69. The molecule has 0 saturated carbocycles. The Hall–Kier alpha value is -4.20. The van der Waals surface area contributed by atoms with Crippen LogP contribution in [0.15, 0.2) is 61.1 Å². The average Bonchev–Trinajstić information content (AvgIpc) is 3.27. The van der Waals surface area contributed by atoms with Gasteiger partial charge < -0.3 is 19.4 Å². The molecule has 8 heteroatoms. The monoisotopic (exact) mass is 429 g/mol. The summed E-state index contributed by atoms with van der Waals surface area (Å²) < 4.78 is 12.7. The molecule has 0 bridgehead atoms. The number of ether oxygens (including phenoxy) is 2. The van der Waals surface area contributed by atoms with Crippen LogP contribution in [0.2, 0.25) is 0 Å². The normalized spacial score (nSPS) is 11.4. The van der Waals surface area contributed by atoms with Gasteiger partial charge in [-0.2, -0.15) is 0 Å². The lowest BCUT2D eigenvalue weighted by Gasteiger charge is -2.12. The summed E-state index contributed by atoms with van der Waals surface area (Å²) in [5.74, 6) is 0.955. The van der Waals surface area contributed by atoms with Gasteiger partial charge in [0.1, 0.15) is 17.0 Å². The van der Waals surface area contributed by atoms with Gasteiger partial charge in [0.15, 0.2) is 5.65 Å². The van der Waals surface area contributed by atoms with Gasteiger partial charge in [0.2, 0.25) is 5.91 Å². The molecule has 4 rings (SSSR count). The Morgan fingerprint density at radius 1 is 1.06 bits per heavy atom. The number of benzene rings is 1. The van der Waals surface area contributed by atoms with E-state index in [1.165, 1.54) is 6.08 Å². The number of carbonyl (C=O) groups excluding carboxylic acids is 1. The lowest BCUT2D eigenvalue weighted by atomic mass is 10.0. The predicted molar refractivity (Wildman–Crippen MR) is 122 cm³/mol. The van der Waals surface area contributed by atoms with Gasteiger partial charge in [-0.05, 0) is 35.9 Å². The second kappa shape index (κ2) is 8.89. The highest BCUT2D eigenvalue weighted by Gasteiger charge is 2.14. The average molecular weight is 429 g/mol. The van der Waals surface area contributed by atoms with E-state index in [2.05, 4.69) is 10.3 Å². The maximum Gasteiger partial charge on any atom is 0.244 e. The van der Waals surface area contributed by atoms with Crippen molar-refractivity contribution in [1.82, 2.24) is 24.8 Å². The van der Waals surface area contributed by atoms with Crippen molar-refractivity contribution in [3.05, 3.63) is 72.3 Å².